The summed E-state index contributed by atoms with van der Waals surface area (Å²) in [5.74, 6) is -0.408. The van der Waals surface area contributed by atoms with Gasteiger partial charge in [0.1, 0.15) is 11.9 Å². The van der Waals surface area contributed by atoms with Crippen LogP contribution in [0.3, 0.4) is 0 Å². The lowest BCUT2D eigenvalue weighted by Gasteiger charge is -2.41. The van der Waals surface area contributed by atoms with E-state index in [1.54, 1.807) is 13.0 Å². The molecule has 0 amide bonds. The van der Waals surface area contributed by atoms with Crippen LogP contribution < -0.4 is 4.74 Å². The first-order valence-electron chi connectivity index (χ1n) is 7.36. The number of halogens is 1. The first kappa shape index (κ1) is 16.1. The Kier molecular flexibility index (Phi) is 5.12. The van der Waals surface area contributed by atoms with Crippen molar-refractivity contribution in [3.8, 4) is 5.75 Å². The number of carbonyl (C=O) groups is 1. The fourth-order valence-electron chi connectivity index (χ4n) is 2.50. The molecule has 0 N–H and O–H groups in total. The second-order valence-electron chi connectivity index (χ2n) is 4.99. The Bertz CT molecular complexity index is 511. The van der Waals surface area contributed by atoms with Crippen LogP contribution in [0.4, 0.5) is 0 Å². The fourth-order valence-corrected chi connectivity index (χ4v) is 2.72. The second kappa shape index (κ2) is 6.67. The average Bonchev–Trinajstić information content (AvgIpc) is 2.48. The van der Waals surface area contributed by atoms with Crippen molar-refractivity contribution in [3.05, 3.63) is 28.8 Å². The van der Waals surface area contributed by atoms with Gasteiger partial charge in [-0.05, 0) is 13.0 Å². The third kappa shape index (κ3) is 3.33. The molecule has 1 unspecified atom stereocenters. The molecule has 1 aromatic rings. The quantitative estimate of drug-likeness (QED) is 0.762. The van der Waals surface area contributed by atoms with E-state index in [0.29, 0.717) is 30.2 Å². The highest BCUT2D eigenvalue weighted by molar-refractivity contribution is 6.32. The zero-order chi connectivity index (χ0) is 15.5. The molecule has 1 aliphatic heterocycles. The number of carbonyl (C=O) groups excluding carboxylic acids is 1. The Morgan fingerprint density at radius 1 is 1.33 bits per heavy atom. The Hall–Kier alpha value is -1.26. The molecule has 5 heteroatoms. The molecule has 0 fully saturated rings. The minimum absolute atomic E-state index is 0.159. The molecule has 116 valence electrons. The molecule has 0 saturated heterocycles. The van der Waals surface area contributed by atoms with E-state index in [1.165, 1.54) is 0 Å². The van der Waals surface area contributed by atoms with Crippen LogP contribution in [0.2, 0.25) is 5.02 Å². The highest BCUT2D eigenvalue weighted by atomic mass is 35.5. The van der Waals surface area contributed by atoms with Gasteiger partial charge in [0, 0.05) is 18.4 Å². The predicted octanol–water partition coefficient (Wildman–Crippen LogP) is 4.26. The van der Waals surface area contributed by atoms with Crippen LogP contribution in [0, 0.1) is 0 Å². The number of hydrogen-bond acceptors (Lipinski definition) is 4. The van der Waals surface area contributed by atoms with Crippen LogP contribution in [0.5, 0.6) is 5.75 Å². The van der Waals surface area contributed by atoms with Gasteiger partial charge in [-0.25, -0.2) is 0 Å². The number of esters is 1. The normalized spacial score (nSPS) is 19.5. The summed E-state index contributed by atoms with van der Waals surface area (Å²) in [7, 11) is 0. The average molecular weight is 313 g/mol. The van der Waals surface area contributed by atoms with Crippen molar-refractivity contribution in [2.45, 2.75) is 51.9 Å². The monoisotopic (exact) mass is 312 g/mol. The van der Waals surface area contributed by atoms with E-state index in [4.69, 9.17) is 25.8 Å². The molecule has 1 aliphatic rings. The van der Waals surface area contributed by atoms with Gasteiger partial charge in [0.05, 0.1) is 18.1 Å². The summed E-state index contributed by atoms with van der Waals surface area (Å²) in [5.41, 5.74) is 0.799. The lowest BCUT2D eigenvalue weighted by atomic mass is 10.0. The molecule has 0 aromatic heterocycles. The maximum atomic E-state index is 11.8. The Morgan fingerprint density at radius 3 is 2.67 bits per heavy atom. The smallest absolute Gasteiger partial charge is 0.308 e. The van der Waals surface area contributed by atoms with Crippen LogP contribution in [-0.2, 0) is 14.3 Å². The summed E-state index contributed by atoms with van der Waals surface area (Å²) in [5, 5.41) is 0.538. The van der Waals surface area contributed by atoms with E-state index >= 15 is 0 Å². The SMILES string of the molecule is CCOC(=O)CC1OC(CC)(CC)Oc2c(Cl)cccc21. The Labute approximate surface area is 130 Å². The molecule has 0 radical (unpaired) electrons. The molecule has 1 atom stereocenters. The van der Waals surface area contributed by atoms with E-state index in [2.05, 4.69) is 0 Å². The third-order valence-electron chi connectivity index (χ3n) is 3.72. The summed E-state index contributed by atoms with van der Waals surface area (Å²) < 4.78 is 17.1. The van der Waals surface area contributed by atoms with E-state index in [-0.39, 0.29) is 12.4 Å². The third-order valence-corrected chi connectivity index (χ3v) is 4.02. The number of benzene rings is 1. The first-order valence-corrected chi connectivity index (χ1v) is 7.73. The first-order chi connectivity index (χ1) is 10.0. The minimum Gasteiger partial charge on any atom is -0.466 e. The van der Waals surface area contributed by atoms with Crippen molar-refractivity contribution in [1.29, 1.82) is 0 Å². The van der Waals surface area contributed by atoms with Crippen LogP contribution in [0.25, 0.3) is 0 Å². The number of fused-ring (bicyclic) bond motifs is 1. The molecule has 0 saturated carbocycles. The number of ether oxygens (including phenoxy) is 3. The van der Waals surface area contributed by atoms with Crippen molar-refractivity contribution in [3.63, 3.8) is 0 Å². The van der Waals surface area contributed by atoms with Gasteiger partial charge in [-0.15, -0.1) is 0 Å². The summed E-state index contributed by atoms with van der Waals surface area (Å²) in [4.78, 5) is 11.8. The van der Waals surface area contributed by atoms with E-state index in [0.717, 1.165) is 5.56 Å². The van der Waals surface area contributed by atoms with Crippen LogP contribution in [-0.4, -0.2) is 18.4 Å². The Morgan fingerprint density at radius 2 is 2.05 bits per heavy atom. The molecule has 1 heterocycles. The molecule has 21 heavy (non-hydrogen) atoms. The zero-order valence-electron chi connectivity index (χ0n) is 12.6. The van der Waals surface area contributed by atoms with Gasteiger partial charge >= 0.3 is 5.97 Å². The van der Waals surface area contributed by atoms with Gasteiger partial charge in [-0.2, -0.15) is 0 Å². The van der Waals surface area contributed by atoms with Crippen molar-refractivity contribution in [2.75, 3.05) is 6.61 Å². The summed E-state index contributed by atoms with van der Waals surface area (Å²) in [6, 6.07) is 5.49. The highest BCUT2D eigenvalue weighted by Crippen LogP contribution is 2.46. The summed E-state index contributed by atoms with van der Waals surface area (Å²) in [6.45, 7) is 6.13. The molecule has 0 spiro atoms. The molecular formula is C16H21ClO4. The largest absolute Gasteiger partial charge is 0.466 e. The lowest BCUT2D eigenvalue weighted by Crippen LogP contribution is -2.43. The van der Waals surface area contributed by atoms with Gasteiger partial charge in [0.15, 0.2) is 0 Å². The highest BCUT2D eigenvalue weighted by Gasteiger charge is 2.41. The lowest BCUT2D eigenvalue weighted by molar-refractivity contribution is -0.235. The van der Waals surface area contributed by atoms with Crippen LogP contribution in [0.1, 0.15) is 51.7 Å². The number of rotatable bonds is 5. The molecular weight excluding hydrogens is 292 g/mol. The number of hydrogen-bond donors (Lipinski definition) is 0. The molecule has 1 aromatic carbocycles. The summed E-state index contributed by atoms with van der Waals surface area (Å²) in [6.07, 6.45) is 1.11. The molecule has 4 nitrogen and oxygen atoms in total. The van der Waals surface area contributed by atoms with E-state index in [1.807, 2.05) is 26.0 Å². The second-order valence-corrected chi connectivity index (χ2v) is 5.40. The topological polar surface area (TPSA) is 44.8 Å². The maximum absolute atomic E-state index is 11.8. The van der Waals surface area contributed by atoms with Crippen molar-refractivity contribution < 1.29 is 19.0 Å². The van der Waals surface area contributed by atoms with Crippen molar-refractivity contribution in [1.82, 2.24) is 0 Å². The van der Waals surface area contributed by atoms with Gasteiger partial charge in [0.25, 0.3) is 0 Å². The molecule has 2 rings (SSSR count). The van der Waals surface area contributed by atoms with Gasteiger partial charge in [0.2, 0.25) is 5.79 Å². The molecule has 0 bridgehead atoms. The molecule has 0 aliphatic carbocycles. The predicted molar refractivity (Wildman–Crippen MR) is 80.5 cm³/mol. The van der Waals surface area contributed by atoms with E-state index in [9.17, 15) is 4.79 Å². The summed E-state index contributed by atoms with van der Waals surface area (Å²) >= 11 is 6.25. The maximum Gasteiger partial charge on any atom is 0.308 e. The minimum atomic E-state index is -0.741. The van der Waals surface area contributed by atoms with Crippen LogP contribution in [0.15, 0.2) is 18.2 Å². The Balaban J connectivity index is 2.35. The van der Waals surface area contributed by atoms with Gasteiger partial charge in [-0.1, -0.05) is 37.6 Å². The zero-order valence-corrected chi connectivity index (χ0v) is 13.4. The standard InChI is InChI=1S/C16H21ClO4/c1-4-16(5-2)20-13(10-14(18)19-6-3)11-8-7-9-12(17)15(11)21-16/h7-9,13H,4-6,10H2,1-3H3. The number of para-hydroxylation sites is 1. The van der Waals surface area contributed by atoms with Crippen molar-refractivity contribution in [2.24, 2.45) is 0 Å². The van der Waals surface area contributed by atoms with Gasteiger partial charge in [-0.3, -0.25) is 4.79 Å². The van der Waals surface area contributed by atoms with E-state index < -0.39 is 11.9 Å². The van der Waals surface area contributed by atoms with Crippen molar-refractivity contribution >= 4 is 17.6 Å². The van der Waals surface area contributed by atoms with Gasteiger partial charge < -0.3 is 14.2 Å². The fraction of sp³-hybridized carbons (Fsp3) is 0.562. The van der Waals surface area contributed by atoms with Crippen LogP contribution >= 0.6 is 11.6 Å².